The first-order chi connectivity index (χ1) is 11.0. The van der Waals surface area contributed by atoms with E-state index >= 15 is 0 Å². The highest BCUT2D eigenvalue weighted by Gasteiger charge is 2.34. The lowest BCUT2D eigenvalue weighted by Gasteiger charge is -2.19. The van der Waals surface area contributed by atoms with Crippen molar-refractivity contribution in [3.05, 3.63) is 41.6 Å². The summed E-state index contributed by atoms with van der Waals surface area (Å²) in [5.74, 6) is 0.157. The fourth-order valence-corrected chi connectivity index (χ4v) is 2.74. The highest BCUT2D eigenvalue weighted by Crippen LogP contribution is 2.40. The maximum atomic E-state index is 11.4. The van der Waals surface area contributed by atoms with Crippen LogP contribution in [0.25, 0.3) is 5.69 Å². The Morgan fingerprint density at radius 1 is 1.21 bits per heavy atom. The summed E-state index contributed by atoms with van der Waals surface area (Å²) in [5.41, 5.74) is 6.76. The van der Waals surface area contributed by atoms with E-state index in [2.05, 4.69) is 5.10 Å². The van der Waals surface area contributed by atoms with Crippen LogP contribution in [0.2, 0.25) is 0 Å². The third-order valence-corrected chi connectivity index (χ3v) is 3.62. The molecule has 0 aliphatic rings. The smallest absolute Gasteiger partial charge is 0.391 e. The number of aromatic nitrogens is 2. The first-order valence-electron chi connectivity index (χ1n) is 7.21. The number of halogens is 3. The maximum Gasteiger partial charge on any atom is 0.411 e. The van der Waals surface area contributed by atoms with Gasteiger partial charge in [0, 0.05) is 17.4 Å². The second-order valence-electron chi connectivity index (χ2n) is 6.34. The lowest BCUT2D eigenvalue weighted by molar-refractivity contribution is 0.207. The van der Waals surface area contributed by atoms with Gasteiger partial charge in [-0.3, -0.25) is 0 Å². The Balaban J connectivity index is 2.73. The molecule has 5 nitrogen and oxygen atoms in total. The first kappa shape index (κ1) is 18.9. The third kappa shape index (κ3) is 4.56. The minimum Gasteiger partial charge on any atom is -0.391 e. The Morgan fingerprint density at radius 2 is 1.79 bits per heavy atom. The van der Waals surface area contributed by atoms with Crippen molar-refractivity contribution >= 4 is 40.9 Å². The van der Waals surface area contributed by atoms with Gasteiger partial charge in [-0.05, 0) is 12.1 Å². The average Bonchev–Trinajstić information content (AvgIpc) is 2.76. The number of nitrogens with two attached hydrogens (primary N) is 1. The Bertz CT molecular complexity index is 732. The van der Waals surface area contributed by atoms with Gasteiger partial charge in [-0.2, -0.15) is 5.10 Å². The van der Waals surface area contributed by atoms with Crippen LogP contribution >= 0.6 is 34.8 Å². The molecule has 0 aliphatic carbocycles. The minimum absolute atomic E-state index is 0.0275. The molecular weight excluding hydrogens is 373 g/mol. The molecule has 0 aliphatic heterocycles. The van der Waals surface area contributed by atoms with E-state index in [1.807, 2.05) is 51.1 Å². The van der Waals surface area contributed by atoms with Gasteiger partial charge in [0.2, 0.25) is 5.88 Å². The predicted molar refractivity (Wildman–Crippen MR) is 96.5 cm³/mol. The number of benzene rings is 1. The second-order valence-corrected chi connectivity index (χ2v) is 8.86. The molecule has 1 aromatic carbocycles. The molecule has 2 N–H and O–H groups in total. The number of para-hydroxylation sites is 1. The highest BCUT2D eigenvalue weighted by molar-refractivity contribution is 6.67. The molecule has 2 rings (SSSR count). The van der Waals surface area contributed by atoms with Crippen LogP contribution in [0.1, 0.15) is 32.0 Å². The summed E-state index contributed by atoms with van der Waals surface area (Å²) in [7, 11) is 0. The van der Waals surface area contributed by atoms with E-state index in [1.165, 1.54) is 4.68 Å². The zero-order valence-electron chi connectivity index (χ0n) is 13.5. The Kier molecular flexibility index (Phi) is 5.37. The van der Waals surface area contributed by atoms with E-state index in [0.29, 0.717) is 16.9 Å². The predicted octanol–water partition coefficient (Wildman–Crippen LogP) is 4.54. The fourth-order valence-electron chi connectivity index (χ4n) is 2.34. The number of nitrogens with zero attached hydrogens (tertiary/aromatic N) is 2. The lowest BCUT2D eigenvalue weighted by Crippen LogP contribution is -2.21. The Hall–Kier alpha value is -1.43. The normalized spacial score (nSPS) is 12.2. The van der Waals surface area contributed by atoms with E-state index in [9.17, 15) is 4.79 Å². The SMILES string of the molecule is CC(C)(C)c1nn(-c2ccccc2)c(OC(N)=O)c1CC(Cl)(Cl)Cl. The second kappa shape index (κ2) is 6.82. The van der Waals surface area contributed by atoms with Gasteiger partial charge >= 0.3 is 6.09 Å². The largest absolute Gasteiger partial charge is 0.411 e. The van der Waals surface area contributed by atoms with E-state index < -0.39 is 9.89 Å². The van der Waals surface area contributed by atoms with Gasteiger partial charge in [0.25, 0.3) is 0 Å². The zero-order valence-corrected chi connectivity index (χ0v) is 15.8. The van der Waals surface area contributed by atoms with Crippen LogP contribution in [0.15, 0.2) is 30.3 Å². The summed E-state index contributed by atoms with van der Waals surface area (Å²) in [6.45, 7) is 5.92. The summed E-state index contributed by atoms with van der Waals surface area (Å²) < 4.78 is 5.14. The molecule has 0 saturated heterocycles. The van der Waals surface area contributed by atoms with Gasteiger partial charge in [0.1, 0.15) is 0 Å². The number of alkyl halides is 3. The number of rotatable bonds is 3. The van der Waals surface area contributed by atoms with Gasteiger partial charge in [0.15, 0.2) is 3.79 Å². The molecule has 0 unspecified atom stereocenters. The Labute approximate surface area is 155 Å². The van der Waals surface area contributed by atoms with Gasteiger partial charge < -0.3 is 10.5 Å². The number of amides is 1. The summed E-state index contributed by atoms with van der Waals surface area (Å²) in [6, 6.07) is 9.21. The van der Waals surface area contributed by atoms with Gasteiger partial charge in [-0.25, -0.2) is 9.48 Å². The van der Waals surface area contributed by atoms with Crippen LogP contribution < -0.4 is 10.5 Å². The maximum absolute atomic E-state index is 11.4. The van der Waals surface area contributed by atoms with Crippen LogP contribution in [0.4, 0.5) is 4.79 Å². The monoisotopic (exact) mass is 389 g/mol. The molecule has 1 heterocycles. The van der Waals surface area contributed by atoms with Crippen molar-refractivity contribution in [3.63, 3.8) is 0 Å². The molecule has 2 aromatic rings. The minimum atomic E-state index is -1.57. The lowest BCUT2D eigenvalue weighted by atomic mass is 9.89. The van der Waals surface area contributed by atoms with Crippen molar-refractivity contribution in [1.29, 1.82) is 0 Å². The van der Waals surface area contributed by atoms with Crippen molar-refractivity contribution in [2.75, 3.05) is 0 Å². The number of hydrogen-bond acceptors (Lipinski definition) is 3. The third-order valence-electron chi connectivity index (χ3n) is 3.22. The Morgan fingerprint density at radius 3 is 2.25 bits per heavy atom. The van der Waals surface area contributed by atoms with Crippen molar-refractivity contribution in [2.45, 2.75) is 36.4 Å². The molecule has 8 heteroatoms. The fraction of sp³-hybridized carbons (Fsp3) is 0.375. The molecule has 0 spiro atoms. The molecule has 0 radical (unpaired) electrons. The van der Waals surface area contributed by atoms with E-state index in [1.54, 1.807) is 0 Å². The molecule has 0 saturated carbocycles. The van der Waals surface area contributed by atoms with E-state index in [-0.39, 0.29) is 17.7 Å². The van der Waals surface area contributed by atoms with Crippen molar-refractivity contribution < 1.29 is 9.53 Å². The number of carbonyl (C=O) groups excluding carboxylic acids is 1. The van der Waals surface area contributed by atoms with Crippen molar-refractivity contribution in [3.8, 4) is 11.6 Å². The van der Waals surface area contributed by atoms with Crippen molar-refractivity contribution in [2.24, 2.45) is 5.73 Å². The van der Waals surface area contributed by atoms with Gasteiger partial charge in [-0.1, -0.05) is 73.8 Å². The topological polar surface area (TPSA) is 70.1 Å². The van der Waals surface area contributed by atoms with Crippen LogP contribution in [0, 0.1) is 0 Å². The van der Waals surface area contributed by atoms with E-state index in [4.69, 9.17) is 45.3 Å². The van der Waals surface area contributed by atoms with Crippen LogP contribution in [-0.4, -0.2) is 19.7 Å². The number of ether oxygens (including phenoxy) is 1. The van der Waals surface area contributed by atoms with Gasteiger partial charge in [0.05, 0.1) is 11.4 Å². The van der Waals surface area contributed by atoms with Crippen molar-refractivity contribution in [1.82, 2.24) is 9.78 Å². The summed E-state index contributed by atoms with van der Waals surface area (Å²) >= 11 is 17.9. The molecule has 130 valence electrons. The summed E-state index contributed by atoms with van der Waals surface area (Å²) in [5, 5.41) is 4.60. The highest BCUT2D eigenvalue weighted by atomic mass is 35.6. The quantitative estimate of drug-likeness (QED) is 0.782. The number of primary amides is 1. The summed E-state index contributed by atoms with van der Waals surface area (Å²) in [4.78, 5) is 11.4. The first-order valence-corrected chi connectivity index (χ1v) is 8.34. The van der Waals surface area contributed by atoms with Crippen LogP contribution in [-0.2, 0) is 11.8 Å². The molecule has 1 aromatic heterocycles. The molecule has 1 amide bonds. The molecular formula is C16H18Cl3N3O2. The standard InChI is InChI=1S/C16H18Cl3N3O2/c1-15(2,3)12-11(9-16(17,18)19)13(24-14(20)23)22(21-12)10-7-5-4-6-8-10/h4-8H,9H2,1-3H3,(H2,20,23). The van der Waals surface area contributed by atoms with Gasteiger partial charge in [-0.15, -0.1) is 0 Å². The van der Waals surface area contributed by atoms with Crippen LogP contribution in [0.3, 0.4) is 0 Å². The number of hydrogen-bond donors (Lipinski definition) is 1. The molecule has 0 fully saturated rings. The van der Waals surface area contributed by atoms with Crippen LogP contribution in [0.5, 0.6) is 5.88 Å². The average molecular weight is 391 g/mol. The van der Waals surface area contributed by atoms with E-state index in [0.717, 1.165) is 0 Å². The zero-order chi connectivity index (χ0) is 18.1. The summed E-state index contributed by atoms with van der Waals surface area (Å²) in [6.07, 6.45) is -0.933. The number of carbonyl (C=O) groups is 1. The molecule has 24 heavy (non-hydrogen) atoms. The molecule has 0 bridgehead atoms. The molecule has 0 atom stereocenters.